The lowest BCUT2D eigenvalue weighted by Gasteiger charge is -2.01. The van der Waals surface area contributed by atoms with E-state index in [2.05, 4.69) is 20.3 Å². The zero-order valence-corrected chi connectivity index (χ0v) is 9.35. The lowest BCUT2D eigenvalue weighted by atomic mass is 10.4. The molecule has 1 aromatic rings. The standard InChI is InChI=1S/C8H10BrNOS/c1-10-12(2,11)8-5-3-7(9)4-6-8/h3-6H,1-2H3. The molecule has 12 heavy (non-hydrogen) atoms. The summed E-state index contributed by atoms with van der Waals surface area (Å²) in [4.78, 5) is 0.771. The van der Waals surface area contributed by atoms with E-state index in [1.807, 2.05) is 24.3 Å². The lowest BCUT2D eigenvalue weighted by Crippen LogP contribution is -1.95. The van der Waals surface area contributed by atoms with Gasteiger partial charge in [0.25, 0.3) is 0 Å². The highest BCUT2D eigenvalue weighted by molar-refractivity contribution is 9.10. The highest BCUT2D eigenvalue weighted by Gasteiger charge is 2.02. The van der Waals surface area contributed by atoms with Gasteiger partial charge in [0, 0.05) is 22.7 Å². The molecule has 0 heterocycles. The van der Waals surface area contributed by atoms with Crippen LogP contribution in [0.25, 0.3) is 0 Å². The van der Waals surface area contributed by atoms with E-state index in [0.29, 0.717) is 0 Å². The Bertz CT molecular complexity index is 377. The molecular weight excluding hydrogens is 238 g/mol. The molecule has 0 saturated heterocycles. The molecule has 2 nitrogen and oxygen atoms in total. The monoisotopic (exact) mass is 247 g/mol. The Morgan fingerprint density at radius 2 is 1.83 bits per heavy atom. The van der Waals surface area contributed by atoms with Crippen LogP contribution in [0.4, 0.5) is 0 Å². The Kier molecular flexibility index (Phi) is 2.90. The maximum atomic E-state index is 11.7. The molecule has 1 rings (SSSR count). The molecule has 0 aromatic heterocycles. The van der Waals surface area contributed by atoms with Crippen molar-refractivity contribution in [3.63, 3.8) is 0 Å². The molecule has 1 atom stereocenters. The van der Waals surface area contributed by atoms with E-state index in [-0.39, 0.29) is 0 Å². The third-order valence-corrected chi connectivity index (χ3v) is 3.97. The Labute approximate surface area is 81.3 Å². The summed E-state index contributed by atoms with van der Waals surface area (Å²) in [6.07, 6.45) is 1.64. The Balaban J connectivity index is 3.24. The summed E-state index contributed by atoms with van der Waals surface area (Å²) < 4.78 is 16.5. The van der Waals surface area contributed by atoms with Crippen LogP contribution in [0.5, 0.6) is 0 Å². The third kappa shape index (κ3) is 2.08. The van der Waals surface area contributed by atoms with Gasteiger partial charge in [-0.3, -0.25) is 0 Å². The highest BCUT2D eigenvalue weighted by Crippen LogP contribution is 2.15. The maximum absolute atomic E-state index is 11.7. The third-order valence-electron chi connectivity index (χ3n) is 1.60. The van der Waals surface area contributed by atoms with Crippen molar-refractivity contribution < 1.29 is 4.21 Å². The highest BCUT2D eigenvalue weighted by atomic mass is 79.9. The first kappa shape index (κ1) is 9.74. The van der Waals surface area contributed by atoms with Crippen LogP contribution in [0.3, 0.4) is 0 Å². The smallest absolute Gasteiger partial charge is 0.0720 e. The van der Waals surface area contributed by atoms with Gasteiger partial charge in [-0.25, -0.2) is 8.57 Å². The van der Waals surface area contributed by atoms with E-state index in [1.54, 1.807) is 13.3 Å². The molecule has 1 aromatic carbocycles. The minimum Gasteiger partial charge on any atom is -0.245 e. The Morgan fingerprint density at radius 3 is 2.25 bits per heavy atom. The number of benzene rings is 1. The largest absolute Gasteiger partial charge is 0.245 e. The number of halogens is 1. The van der Waals surface area contributed by atoms with E-state index in [0.717, 1.165) is 9.37 Å². The molecule has 0 saturated carbocycles. The second-order valence-electron chi connectivity index (χ2n) is 2.44. The van der Waals surface area contributed by atoms with E-state index in [9.17, 15) is 4.21 Å². The van der Waals surface area contributed by atoms with Crippen molar-refractivity contribution in [2.45, 2.75) is 4.90 Å². The first-order valence-electron chi connectivity index (χ1n) is 3.42. The van der Waals surface area contributed by atoms with Crippen LogP contribution >= 0.6 is 15.9 Å². The quantitative estimate of drug-likeness (QED) is 0.750. The van der Waals surface area contributed by atoms with Gasteiger partial charge < -0.3 is 0 Å². The zero-order chi connectivity index (χ0) is 9.19. The fraction of sp³-hybridized carbons (Fsp3) is 0.250. The molecule has 0 fully saturated rings. The Hall–Kier alpha value is -0.350. The van der Waals surface area contributed by atoms with Crippen molar-refractivity contribution in [2.75, 3.05) is 13.3 Å². The van der Waals surface area contributed by atoms with Gasteiger partial charge >= 0.3 is 0 Å². The normalized spacial score (nSPS) is 15.2. The van der Waals surface area contributed by atoms with E-state index in [4.69, 9.17) is 0 Å². The summed E-state index contributed by atoms with van der Waals surface area (Å²) in [5.41, 5.74) is 0. The number of rotatable bonds is 1. The summed E-state index contributed by atoms with van der Waals surface area (Å²) in [7, 11) is -0.587. The van der Waals surface area contributed by atoms with Crippen LogP contribution in [0, 0.1) is 0 Å². The van der Waals surface area contributed by atoms with Crippen LogP contribution in [0.15, 0.2) is 38.0 Å². The molecule has 0 spiro atoms. The topological polar surface area (TPSA) is 29.4 Å². The number of hydrogen-bond donors (Lipinski definition) is 0. The van der Waals surface area contributed by atoms with Gasteiger partial charge in [0.05, 0.1) is 9.73 Å². The Morgan fingerprint density at radius 1 is 1.33 bits per heavy atom. The average molecular weight is 248 g/mol. The summed E-state index contributed by atoms with van der Waals surface area (Å²) in [5, 5.41) is 0. The second-order valence-corrected chi connectivity index (χ2v) is 5.80. The van der Waals surface area contributed by atoms with Crippen molar-refractivity contribution >= 4 is 25.7 Å². The van der Waals surface area contributed by atoms with E-state index >= 15 is 0 Å². The van der Waals surface area contributed by atoms with Crippen molar-refractivity contribution in [1.29, 1.82) is 0 Å². The van der Waals surface area contributed by atoms with Crippen LogP contribution in [0.2, 0.25) is 0 Å². The van der Waals surface area contributed by atoms with Gasteiger partial charge in [-0.1, -0.05) is 15.9 Å². The molecule has 0 aliphatic carbocycles. The van der Waals surface area contributed by atoms with Crippen molar-refractivity contribution in [1.82, 2.24) is 0 Å². The summed E-state index contributed by atoms with van der Waals surface area (Å²) >= 11 is 3.31. The fourth-order valence-corrected chi connectivity index (χ4v) is 1.91. The minimum absolute atomic E-state index is 0.771. The molecule has 0 aliphatic rings. The van der Waals surface area contributed by atoms with Crippen LogP contribution in [-0.2, 0) is 9.73 Å². The molecule has 66 valence electrons. The zero-order valence-electron chi connectivity index (χ0n) is 6.95. The fourth-order valence-electron chi connectivity index (χ4n) is 0.793. The SMILES string of the molecule is CN=S(C)(=O)c1ccc(Br)cc1. The van der Waals surface area contributed by atoms with Gasteiger partial charge in [-0.15, -0.1) is 0 Å². The predicted molar refractivity (Wildman–Crippen MR) is 54.8 cm³/mol. The van der Waals surface area contributed by atoms with Crippen molar-refractivity contribution in [3.8, 4) is 0 Å². The van der Waals surface area contributed by atoms with E-state index < -0.39 is 9.73 Å². The van der Waals surface area contributed by atoms with Crippen LogP contribution < -0.4 is 0 Å². The van der Waals surface area contributed by atoms with Gasteiger partial charge in [-0.2, -0.15) is 0 Å². The molecule has 0 radical (unpaired) electrons. The first-order valence-corrected chi connectivity index (χ1v) is 6.14. The molecule has 4 heteroatoms. The summed E-state index contributed by atoms with van der Waals surface area (Å²) in [6.45, 7) is 0. The summed E-state index contributed by atoms with van der Waals surface area (Å²) in [5.74, 6) is 0. The van der Waals surface area contributed by atoms with Crippen molar-refractivity contribution in [2.24, 2.45) is 4.36 Å². The maximum Gasteiger partial charge on any atom is 0.0720 e. The molecule has 0 bridgehead atoms. The predicted octanol–water partition coefficient (Wildman–Crippen LogP) is 2.54. The lowest BCUT2D eigenvalue weighted by molar-refractivity contribution is 0.680. The van der Waals surface area contributed by atoms with Gasteiger partial charge in [0.15, 0.2) is 0 Å². The molecule has 0 N–H and O–H groups in total. The summed E-state index contributed by atoms with van der Waals surface area (Å²) in [6, 6.07) is 7.37. The molecule has 1 unspecified atom stereocenters. The van der Waals surface area contributed by atoms with Crippen molar-refractivity contribution in [3.05, 3.63) is 28.7 Å². The number of hydrogen-bond acceptors (Lipinski definition) is 2. The minimum atomic E-state index is -2.16. The van der Waals surface area contributed by atoms with Gasteiger partial charge in [0.2, 0.25) is 0 Å². The second kappa shape index (κ2) is 3.58. The first-order chi connectivity index (χ1) is 5.56. The molecule has 0 aliphatic heterocycles. The molecular formula is C8H10BrNOS. The average Bonchev–Trinajstić information content (AvgIpc) is 2.05. The van der Waals surface area contributed by atoms with Gasteiger partial charge in [0.1, 0.15) is 0 Å². The van der Waals surface area contributed by atoms with Crippen LogP contribution in [0.1, 0.15) is 0 Å². The van der Waals surface area contributed by atoms with E-state index in [1.165, 1.54) is 0 Å². The van der Waals surface area contributed by atoms with Gasteiger partial charge in [-0.05, 0) is 24.3 Å². The van der Waals surface area contributed by atoms with Crippen LogP contribution in [-0.4, -0.2) is 17.5 Å². The number of nitrogens with zero attached hydrogens (tertiary/aromatic N) is 1. The molecule has 0 amide bonds.